The maximum Gasteiger partial charge on any atom is 0.257 e. The van der Waals surface area contributed by atoms with Gasteiger partial charge in [-0.05, 0) is 31.2 Å². The number of aryl methyl sites for hydroxylation is 1. The average molecular weight is 244 g/mol. The van der Waals surface area contributed by atoms with E-state index in [-0.39, 0.29) is 0 Å². The van der Waals surface area contributed by atoms with Crippen molar-refractivity contribution in [1.82, 2.24) is 15.5 Å². The van der Waals surface area contributed by atoms with E-state index in [0.29, 0.717) is 11.7 Å². The fourth-order valence-electron chi connectivity index (χ4n) is 2.15. The number of hydrogen-bond acceptors (Lipinski definition) is 5. The molecule has 5 heteroatoms. The topological polar surface area (TPSA) is 54.2 Å². The molecule has 1 N–H and O–H groups in total. The molecule has 94 valence electrons. The molecule has 0 amide bonds. The lowest BCUT2D eigenvalue weighted by Crippen LogP contribution is -2.43. The van der Waals surface area contributed by atoms with Gasteiger partial charge in [0.05, 0.1) is 0 Å². The van der Waals surface area contributed by atoms with Crippen LogP contribution in [0.3, 0.4) is 0 Å². The Morgan fingerprint density at radius 2 is 1.89 bits per heavy atom. The van der Waals surface area contributed by atoms with Gasteiger partial charge in [0.25, 0.3) is 5.89 Å². The number of benzene rings is 1. The predicted molar refractivity (Wildman–Crippen MR) is 69.6 cm³/mol. The van der Waals surface area contributed by atoms with E-state index < -0.39 is 0 Å². The van der Waals surface area contributed by atoms with Crippen molar-refractivity contribution in [1.29, 1.82) is 0 Å². The zero-order valence-corrected chi connectivity index (χ0v) is 10.4. The highest BCUT2D eigenvalue weighted by Gasteiger charge is 2.11. The van der Waals surface area contributed by atoms with Crippen molar-refractivity contribution in [3.63, 3.8) is 0 Å². The molecule has 0 radical (unpaired) electrons. The van der Waals surface area contributed by atoms with E-state index in [9.17, 15) is 0 Å². The van der Waals surface area contributed by atoms with Crippen LogP contribution in [0.2, 0.25) is 0 Å². The molecule has 0 saturated carbocycles. The summed E-state index contributed by atoms with van der Waals surface area (Å²) in [5, 5.41) is 7.15. The van der Waals surface area contributed by atoms with E-state index in [2.05, 4.69) is 32.5 Å². The molecule has 18 heavy (non-hydrogen) atoms. The van der Waals surface area contributed by atoms with Gasteiger partial charge in [0, 0.05) is 37.4 Å². The number of nitrogens with one attached hydrogen (secondary N) is 1. The number of anilines is 1. The predicted octanol–water partition coefficient (Wildman–Crippen LogP) is 1.45. The van der Waals surface area contributed by atoms with Crippen LogP contribution in [0.4, 0.5) is 5.69 Å². The summed E-state index contributed by atoms with van der Waals surface area (Å²) < 4.78 is 5.15. The maximum absolute atomic E-state index is 5.15. The summed E-state index contributed by atoms with van der Waals surface area (Å²) in [5.74, 6) is 1.25. The highest BCUT2D eigenvalue weighted by atomic mass is 16.5. The largest absolute Gasteiger partial charge is 0.369 e. The smallest absolute Gasteiger partial charge is 0.257 e. The molecule has 0 spiro atoms. The van der Waals surface area contributed by atoms with Crippen LogP contribution in [0, 0.1) is 6.92 Å². The van der Waals surface area contributed by atoms with Crippen molar-refractivity contribution in [2.24, 2.45) is 0 Å². The van der Waals surface area contributed by atoms with Gasteiger partial charge in [-0.2, -0.15) is 4.98 Å². The second-order valence-electron chi connectivity index (χ2n) is 4.43. The van der Waals surface area contributed by atoms with Crippen molar-refractivity contribution in [3.8, 4) is 11.5 Å². The molecule has 0 aliphatic carbocycles. The molecule has 0 atom stereocenters. The molecule has 3 rings (SSSR count). The highest BCUT2D eigenvalue weighted by Crippen LogP contribution is 2.22. The second-order valence-corrected chi connectivity index (χ2v) is 4.43. The van der Waals surface area contributed by atoms with Crippen LogP contribution < -0.4 is 10.2 Å². The van der Waals surface area contributed by atoms with Gasteiger partial charge in [-0.25, -0.2) is 0 Å². The van der Waals surface area contributed by atoms with Crippen LogP contribution in [0.5, 0.6) is 0 Å². The van der Waals surface area contributed by atoms with Crippen molar-refractivity contribution < 1.29 is 4.52 Å². The monoisotopic (exact) mass is 244 g/mol. The summed E-state index contributed by atoms with van der Waals surface area (Å²) in [4.78, 5) is 6.60. The van der Waals surface area contributed by atoms with Crippen LogP contribution in [-0.4, -0.2) is 36.3 Å². The number of piperazine rings is 1. The van der Waals surface area contributed by atoms with Crippen molar-refractivity contribution in [2.75, 3.05) is 31.1 Å². The summed E-state index contributed by atoms with van der Waals surface area (Å²) in [5.41, 5.74) is 2.21. The minimum absolute atomic E-state index is 0.583. The molecule has 1 saturated heterocycles. The van der Waals surface area contributed by atoms with Crippen molar-refractivity contribution >= 4 is 5.69 Å². The van der Waals surface area contributed by atoms with E-state index in [1.807, 2.05) is 19.1 Å². The Kier molecular flexibility index (Phi) is 2.98. The van der Waals surface area contributed by atoms with E-state index in [1.165, 1.54) is 5.69 Å². The fraction of sp³-hybridized carbons (Fsp3) is 0.385. The Labute approximate surface area is 106 Å². The normalized spacial score (nSPS) is 15.9. The number of rotatable bonds is 2. The molecule has 0 bridgehead atoms. The van der Waals surface area contributed by atoms with Crippen molar-refractivity contribution in [3.05, 3.63) is 30.1 Å². The molecule has 2 aromatic rings. The molecule has 5 nitrogen and oxygen atoms in total. The van der Waals surface area contributed by atoms with E-state index in [1.54, 1.807) is 0 Å². The Morgan fingerprint density at radius 3 is 2.50 bits per heavy atom. The van der Waals surface area contributed by atoms with Crippen molar-refractivity contribution in [2.45, 2.75) is 6.92 Å². The molecular formula is C13H16N4O. The maximum atomic E-state index is 5.15. The third-order valence-electron chi connectivity index (χ3n) is 3.12. The lowest BCUT2D eigenvalue weighted by Gasteiger charge is -2.29. The lowest BCUT2D eigenvalue weighted by molar-refractivity contribution is 0.425. The van der Waals surface area contributed by atoms with E-state index >= 15 is 0 Å². The molecule has 0 unspecified atom stereocenters. The summed E-state index contributed by atoms with van der Waals surface area (Å²) in [6, 6.07) is 8.29. The van der Waals surface area contributed by atoms with Crippen LogP contribution in [0.15, 0.2) is 28.8 Å². The first-order valence-electron chi connectivity index (χ1n) is 6.19. The van der Waals surface area contributed by atoms with Gasteiger partial charge in [0.2, 0.25) is 0 Å². The number of nitrogens with zero attached hydrogens (tertiary/aromatic N) is 3. The van der Waals surface area contributed by atoms with Gasteiger partial charge in [0.15, 0.2) is 5.82 Å². The molecule has 2 heterocycles. The molecular weight excluding hydrogens is 228 g/mol. The second kappa shape index (κ2) is 4.78. The van der Waals surface area contributed by atoms with E-state index in [0.717, 1.165) is 31.7 Å². The van der Waals surface area contributed by atoms with Crippen LogP contribution in [0.25, 0.3) is 11.5 Å². The summed E-state index contributed by atoms with van der Waals surface area (Å²) in [6.45, 7) is 6.02. The summed E-state index contributed by atoms with van der Waals surface area (Å²) in [6.07, 6.45) is 0. The lowest BCUT2D eigenvalue weighted by atomic mass is 10.2. The first-order valence-corrected chi connectivity index (χ1v) is 6.19. The minimum atomic E-state index is 0.583. The third kappa shape index (κ3) is 2.22. The number of hydrogen-bond donors (Lipinski definition) is 1. The van der Waals surface area contributed by atoms with Gasteiger partial charge in [-0.1, -0.05) is 5.16 Å². The van der Waals surface area contributed by atoms with Crippen LogP contribution >= 0.6 is 0 Å². The molecule has 1 fully saturated rings. The van der Waals surface area contributed by atoms with Gasteiger partial charge in [-0.15, -0.1) is 0 Å². The Balaban J connectivity index is 1.80. The zero-order chi connectivity index (χ0) is 12.4. The van der Waals surface area contributed by atoms with Gasteiger partial charge < -0.3 is 14.7 Å². The van der Waals surface area contributed by atoms with Crippen LogP contribution in [-0.2, 0) is 0 Å². The Morgan fingerprint density at radius 1 is 1.17 bits per heavy atom. The highest BCUT2D eigenvalue weighted by molar-refractivity contribution is 5.59. The summed E-state index contributed by atoms with van der Waals surface area (Å²) in [7, 11) is 0. The zero-order valence-electron chi connectivity index (χ0n) is 10.4. The number of aromatic nitrogens is 2. The van der Waals surface area contributed by atoms with Gasteiger partial charge >= 0.3 is 0 Å². The molecule has 1 aromatic heterocycles. The summed E-state index contributed by atoms with van der Waals surface area (Å²) >= 11 is 0. The minimum Gasteiger partial charge on any atom is -0.369 e. The van der Waals surface area contributed by atoms with Gasteiger partial charge in [0.1, 0.15) is 0 Å². The van der Waals surface area contributed by atoms with E-state index in [4.69, 9.17) is 4.52 Å². The fourth-order valence-corrected chi connectivity index (χ4v) is 2.15. The third-order valence-corrected chi connectivity index (χ3v) is 3.12. The first kappa shape index (κ1) is 11.2. The Bertz CT molecular complexity index is 514. The molecule has 1 aromatic carbocycles. The quantitative estimate of drug-likeness (QED) is 0.866. The molecule has 1 aliphatic heterocycles. The SMILES string of the molecule is Cc1noc(-c2ccc(N3CCNCC3)cc2)n1. The van der Waals surface area contributed by atoms with Gasteiger partial charge in [-0.3, -0.25) is 0 Å². The molecule has 1 aliphatic rings. The Hall–Kier alpha value is -1.88. The van der Waals surface area contributed by atoms with Crippen LogP contribution in [0.1, 0.15) is 5.82 Å². The standard InChI is InChI=1S/C13H16N4O/c1-10-15-13(18-16-10)11-2-4-12(5-3-11)17-8-6-14-7-9-17/h2-5,14H,6-9H2,1H3. The first-order chi connectivity index (χ1) is 8.83. The average Bonchev–Trinajstić information content (AvgIpc) is 2.87.